The summed E-state index contributed by atoms with van der Waals surface area (Å²) in [6.45, 7) is 0.781. The number of nitrogens with zero attached hydrogens (tertiary/aromatic N) is 1. The standard InChI is InChI=1S/C18H20N2O4S/c19-25(22,23)13-15-9-18(21)20(11-15)16-7-4-8-17(10-16)24-12-14-5-2-1-3-6-14/h1-8,10,15H,9,11-13H2,(H2,19,22,23). The Labute approximate surface area is 147 Å². The largest absolute Gasteiger partial charge is 0.489 e. The molecule has 0 aliphatic carbocycles. The molecule has 1 saturated heterocycles. The van der Waals surface area contributed by atoms with Crippen molar-refractivity contribution >= 4 is 21.6 Å². The van der Waals surface area contributed by atoms with E-state index >= 15 is 0 Å². The van der Waals surface area contributed by atoms with Gasteiger partial charge in [0.1, 0.15) is 12.4 Å². The predicted octanol–water partition coefficient (Wildman–Crippen LogP) is 1.91. The minimum atomic E-state index is -3.59. The lowest BCUT2D eigenvalue weighted by Crippen LogP contribution is -2.27. The summed E-state index contributed by atoms with van der Waals surface area (Å²) in [4.78, 5) is 13.8. The first-order valence-corrected chi connectivity index (χ1v) is 9.70. The van der Waals surface area contributed by atoms with E-state index in [4.69, 9.17) is 9.88 Å². The van der Waals surface area contributed by atoms with Gasteiger partial charge in [0.15, 0.2) is 0 Å². The lowest BCUT2D eigenvalue weighted by Gasteiger charge is -2.18. The molecular weight excluding hydrogens is 340 g/mol. The molecule has 1 unspecified atom stereocenters. The van der Waals surface area contributed by atoms with Crippen LogP contribution < -0.4 is 14.8 Å². The number of ether oxygens (including phenoxy) is 1. The van der Waals surface area contributed by atoms with Crippen LogP contribution in [0.15, 0.2) is 54.6 Å². The smallest absolute Gasteiger partial charge is 0.227 e. The van der Waals surface area contributed by atoms with Crippen molar-refractivity contribution in [3.05, 3.63) is 60.2 Å². The molecule has 1 fully saturated rings. The van der Waals surface area contributed by atoms with Crippen molar-refractivity contribution in [1.29, 1.82) is 0 Å². The molecule has 1 aliphatic rings. The highest BCUT2D eigenvalue weighted by atomic mass is 32.2. The zero-order chi connectivity index (χ0) is 17.9. The van der Waals surface area contributed by atoms with Crippen LogP contribution in [0, 0.1) is 5.92 Å². The number of amides is 1. The second-order valence-corrected chi connectivity index (χ2v) is 7.83. The third-order valence-electron chi connectivity index (χ3n) is 4.05. The van der Waals surface area contributed by atoms with E-state index in [1.54, 1.807) is 11.0 Å². The Bertz CT molecular complexity index is 852. The van der Waals surface area contributed by atoms with Gasteiger partial charge in [-0.15, -0.1) is 0 Å². The fourth-order valence-electron chi connectivity index (χ4n) is 2.95. The summed E-state index contributed by atoms with van der Waals surface area (Å²) < 4.78 is 28.3. The number of carbonyl (C=O) groups excluding carboxylic acids is 1. The van der Waals surface area contributed by atoms with E-state index in [0.717, 1.165) is 5.56 Å². The van der Waals surface area contributed by atoms with Crippen LogP contribution in [-0.4, -0.2) is 26.6 Å². The number of hydrogen-bond acceptors (Lipinski definition) is 4. The van der Waals surface area contributed by atoms with Crippen molar-refractivity contribution in [1.82, 2.24) is 0 Å². The average molecular weight is 360 g/mol. The number of benzene rings is 2. The van der Waals surface area contributed by atoms with Crippen LogP contribution in [-0.2, 0) is 21.4 Å². The lowest BCUT2D eigenvalue weighted by molar-refractivity contribution is -0.117. The van der Waals surface area contributed by atoms with Crippen molar-refractivity contribution in [2.24, 2.45) is 11.1 Å². The van der Waals surface area contributed by atoms with E-state index < -0.39 is 10.0 Å². The highest BCUT2D eigenvalue weighted by molar-refractivity contribution is 7.89. The summed E-state index contributed by atoms with van der Waals surface area (Å²) in [6.07, 6.45) is 0.186. The molecule has 1 atom stereocenters. The maximum Gasteiger partial charge on any atom is 0.227 e. The van der Waals surface area contributed by atoms with E-state index in [0.29, 0.717) is 24.6 Å². The van der Waals surface area contributed by atoms with E-state index in [9.17, 15) is 13.2 Å². The van der Waals surface area contributed by atoms with Gasteiger partial charge in [0.05, 0.1) is 5.75 Å². The van der Waals surface area contributed by atoms with Crippen molar-refractivity contribution in [2.45, 2.75) is 13.0 Å². The minimum absolute atomic E-state index is 0.103. The Balaban J connectivity index is 1.68. The molecule has 0 spiro atoms. The Morgan fingerprint density at radius 2 is 1.88 bits per heavy atom. The first-order valence-electron chi connectivity index (χ1n) is 7.98. The van der Waals surface area contributed by atoms with Crippen LogP contribution in [0.4, 0.5) is 5.69 Å². The summed E-state index contributed by atoms with van der Waals surface area (Å²) in [7, 11) is -3.59. The van der Waals surface area contributed by atoms with E-state index in [1.165, 1.54) is 0 Å². The zero-order valence-corrected chi connectivity index (χ0v) is 14.5. The SMILES string of the molecule is NS(=O)(=O)CC1CC(=O)N(c2cccc(OCc3ccccc3)c2)C1. The molecule has 0 saturated carbocycles. The Kier molecular flexibility index (Phi) is 5.06. The molecule has 0 bridgehead atoms. The molecule has 2 N–H and O–H groups in total. The third kappa shape index (κ3) is 4.80. The number of hydrogen-bond donors (Lipinski definition) is 1. The Morgan fingerprint density at radius 1 is 1.12 bits per heavy atom. The van der Waals surface area contributed by atoms with Gasteiger partial charge in [-0.1, -0.05) is 36.4 Å². The molecule has 1 aliphatic heterocycles. The second kappa shape index (κ2) is 7.25. The number of anilines is 1. The molecule has 25 heavy (non-hydrogen) atoms. The first-order chi connectivity index (χ1) is 11.9. The van der Waals surface area contributed by atoms with Crippen LogP contribution in [0.25, 0.3) is 0 Å². The maximum atomic E-state index is 12.2. The summed E-state index contributed by atoms with van der Waals surface area (Å²) >= 11 is 0. The molecule has 2 aromatic carbocycles. The maximum absolute atomic E-state index is 12.2. The normalized spacial score (nSPS) is 17.7. The minimum Gasteiger partial charge on any atom is -0.489 e. The quantitative estimate of drug-likeness (QED) is 0.852. The van der Waals surface area contributed by atoms with E-state index in [2.05, 4.69) is 0 Å². The molecule has 1 amide bonds. The van der Waals surface area contributed by atoms with Crippen molar-refractivity contribution in [2.75, 3.05) is 17.2 Å². The zero-order valence-electron chi connectivity index (χ0n) is 13.7. The second-order valence-electron chi connectivity index (χ2n) is 6.18. The van der Waals surface area contributed by atoms with Crippen molar-refractivity contribution in [3.63, 3.8) is 0 Å². The number of nitrogens with two attached hydrogens (primary N) is 1. The fourth-order valence-corrected chi connectivity index (χ4v) is 3.83. The van der Waals surface area contributed by atoms with Gasteiger partial charge in [-0.2, -0.15) is 0 Å². The molecule has 132 valence electrons. The predicted molar refractivity (Wildman–Crippen MR) is 95.7 cm³/mol. The van der Waals surface area contributed by atoms with Gasteiger partial charge >= 0.3 is 0 Å². The molecule has 3 rings (SSSR count). The molecule has 0 aromatic heterocycles. The highest BCUT2D eigenvalue weighted by Gasteiger charge is 2.32. The number of primary sulfonamides is 1. The number of sulfonamides is 1. The van der Waals surface area contributed by atoms with Gasteiger partial charge in [-0.05, 0) is 17.7 Å². The number of carbonyl (C=O) groups is 1. The monoisotopic (exact) mass is 360 g/mol. The van der Waals surface area contributed by atoms with Crippen LogP contribution >= 0.6 is 0 Å². The molecule has 0 radical (unpaired) electrons. The van der Waals surface area contributed by atoms with Gasteiger partial charge in [-0.3, -0.25) is 4.79 Å². The van der Waals surface area contributed by atoms with Gasteiger partial charge in [0.25, 0.3) is 0 Å². The number of rotatable bonds is 6. The third-order valence-corrected chi connectivity index (χ3v) is 4.99. The van der Waals surface area contributed by atoms with Gasteiger partial charge < -0.3 is 9.64 Å². The van der Waals surface area contributed by atoms with Gasteiger partial charge in [-0.25, -0.2) is 13.6 Å². The van der Waals surface area contributed by atoms with E-state index in [1.807, 2.05) is 48.5 Å². The summed E-state index contributed by atoms with van der Waals surface area (Å²) in [6, 6.07) is 17.0. The molecule has 1 heterocycles. The lowest BCUT2D eigenvalue weighted by atomic mass is 10.1. The summed E-state index contributed by atoms with van der Waals surface area (Å²) in [5.74, 6) is 0.0914. The fraction of sp³-hybridized carbons (Fsp3) is 0.278. The Morgan fingerprint density at radius 3 is 2.60 bits per heavy atom. The molecule has 2 aromatic rings. The first kappa shape index (κ1) is 17.4. The van der Waals surface area contributed by atoms with Crippen LogP contribution in [0.2, 0.25) is 0 Å². The Hall–Kier alpha value is -2.38. The molecule has 6 nitrogen and oxygen atoms in total. The topological polar surface area (TPSA) is 89.7 Å². The van der Waals surface area contributed by atoms with Crippen LogP contribution in [0.5, 0.6) is 5.75 Å². The summed E-state index contributed by atoms with van der Waals surface area (Å²) in [5.41, 5.74) is 1.76. The average Bonchev–Trinajstić information content (AvgIpc) is 2.92. The molecule has 7 heteroatoms. The van der Waals surface area contributed by atoms with Crippen LogP contribution in [0.1, 0.15) is 12.0 Å². The highest BCUT2D eigenvalue weighted by Crippen LogP contribution is 2.28. The molecular formula is C18H20N2O4S. The van der Waals surface area contributed by atoms with Crippen molar-refractivity contribution < 1.29 is 17.9 Å². The summed E-state index contributed by atoms with van der Waals surface area (Å²) in [5, 5.41) is 5.09. The van der Waals surface area contributed by atoms with Gasteiger partial charge in [0.2, 0.25) is 15.9 Å². The van der Waals surface area contributed by atoms with Gasteiger partial charge in [0, 0.05) is 30.6 Å². The van der Waals surface area contributed by atoms with Crippen LogP contribution in [0.3, 0.4) is 0 Å². The van der Waals surface area contributed by atoms with Crippen molar-refractivity contribution in [3.8, 4) is 5.75 Å². The van der Waals surface area contributed by atoms with E-state index in [-0.39, 0.29) is 24.0 Å².